The average Bonchev–Trinajstić information content (AvgIpc) is 2.01. The van der Waals surface area contributed by atoms with Crippen molar-refractivity contribution in [3.63, 3.8) is 0 Å². The van der Waals surface area contributed by atoms with E-state index in [1.165, 1.54) is 6.08 Å². The number of carboxylic acid groups (broad SMARTS) is 1. The minimum atomic E-state index is -1.08. The Morgan fingerprint density at radius 3 is 2.50 bits per heavy atom. The number of carbonyl (C=O) groups excluding carboxylic acids is 1. The van der Waals surface area contributed by atoms with E-state index in [4.69, 9.17) is 9.84 Å². The summed E-state index contributed by atoms with van der Waals surface area (Å²) in [4.78, 5) is 22.7. The molecule has 0 saturated heterocycles. The molecule has 5 nitrogen and oxygen atoms in total. The fourth-order valence-electron chi connectivity index (χ4n) is 0.799. The van der Waals surface area contributed by atoms with Gasteiger partial charge in [-0.3, -0.25) is 9.69 Å². The van der Waals surface area contributed by atoms with Crippen LogP contribution in [0.5, 0.6) is 0 Å². The maximum atomic E-state index is 11.3. The van der Waals surface area contributed by atoms with Crippen LogP contribution in [0.3, 0.4) is 0 Å². The highest BCUT2D eigenvalue weighted by atomic mass is 16.6. The second-order valence-corrected chi connectivity index (χ2v) is 3.00. The molecule has 0 bridgehead atoms. The largest absolute Gasteiger partial charge is 0.480 e. The lowest BCUT2D eigenvalue weighted by molar-refractivity contribution is -0.137. The Kier molecular flexibility index (Phi) is 5.36. The molecule has 0 unspecified atom stereocenters. The Hall–Kier alpha value is -1.52. The molecule has 14 heavy (non-hydrogen) atoms. The number of carboxylic acids is 1. The van der Waals surface area contributed by atoms with Crippen molar-refractivity contribution in [1.82, 2.24) is 4.90 Å². The Morgan fingerprint density at radius 1 is 1.57 bits per heavy atom. The average molecular weight is 201 g/mol. The highest BCUT2D eigenvalue weighted by Gasteiger charge is 2.17. The van der Waals surface area contributed by atoms with Crippen LogP contribution in [0.4, 0.5) is 4.79 Å². The summed E-state index contributed by atoms with van der Waals surface area (Å²) in [6.45, 7) is 6.61. The lowest BCUT2D eigenvalue weighted by Crippen LogP contribution is -2.37. The first-order valence-electron chi connectivity index (χ1n) is 4.25. The SMILES string of the molecule is C=CCN(CC(=O)O)C(=O)OC(C)C. The van der Waals surface area contributed by atoms with E-state index in [1.54, 1.807) is 13.8 Å². The monoisotopic (exact) mass is 201 g/mol. The number of ether oxygens (including phenoxy) is 1. The summed E-state index contributed by atoms with van der Waals surface area (Å²) in [6.07, 6.45) is 0.552. The van der Waals surface area contributed by atoms with Crippen molar-refractivity contribution >= 4 is 12.1 Å². The number of hydrogen-bond acceptors (Lipinski definition) is 3. The molecule has 0 aliphatic rings. The first-order chi connectivity index (χ1) is 6.47. The van der Waals surface area contributed by atoms with Crippen LogP contribution in [0.15, 0.2) is 12.7 Å². The summed E-state index contributed by atoms with van der Waals surface area (Å²) in [5.41, 5.74) is 0. The van der Waals surface area contributed by atoms with E-state index in [2.05, 4.69) is 6.58 Å². The van der Waals surface area contributed by atoms with E-state index in [0.717, 1.165) is 4.90 Å². The van der Waals surface area contributed by atoms with E-state index in [-0.39, 0.29) is 19.2 Å². The molecule has 5 heteroatoms. The summed E-state index contributed by atoms with van der Waals surface area (Å²) in [7, 11) is 0. The normalized spacial score (nSPS) is 9.64. The third-order valence-corrected chi connectivity index (χ3v) is 1.27. The number of carbonyl (C=O) groups is 2. The quantitative estimate of drug-likeness (QED) is 0.676. The molecule has 80 valence electrons. The first kappa shape index (κ1) is 12.5. The molecule has 0 aliphatic heterocycles. The maximum absolute atomic E-state index is 11.3. The number of aliphatic carboxylic acids is 1. The van der Waals surface area contributed by atoms with E-state index in [9.17, 15) is 9.59 Å². The molecule has 1 N–H and O–H groups in total. The minimum absolute atomic E-state index is 0.165. The summed E-state index contributed by atoms with van der Waals surface area (Å²) in [6, 6.07) is 0. The molecule has 1 amide bonds. The van der Waals surface area contributed by atoms with Gasteiger partial charge < -0.3 is 9.84 Å². The minimum Gasteiger partial charge on any atom is -0.480 e. The van der Waals surface area contributed by atoms with Gasteiger partial charge in [0.05, 0.1) is 6.10 Å². The van der Waals surface area contributed by atoms with Crippen LogP contribution in [-0.4, -0.2) is 41.3 Å². The molecule has 0 aromatic carbocycles. The molecular weight excluding hydrogens is 186 g/mol. The van der Waals surface area contributed by atoms with Crippen LogP contribution in [0.2, 0.25) is 0 Å². The van der Waals surface area contributed by atoms with Gasteiger partial charge >= 0.3 is 12.1 Å². The second kappa shape index (κ2) is 6.01. The number of amides is 1. The Morgan fingerprint density at radius 2 is 2.14 bits per heavy atom. The van der Waals surface area contributed by atoms with Gasteiger partial charge in [0.25, 0.3) is 0 Å². The lowest BCUT2D eigenvalue weighted by Gasteiger charge is -2.19. The smallest absolute Gasteiger partial charge is 0.410 e. The van der Waals surface area contributed by atoms with Crippen molar-refractivity contribution in [1.29, 1.82) is 0 Å². The van der Waals surface area contributed by atoms with Crippen molar-refractivity contribution < 1.29 is 19.4 Å². The fourth-order valence-corrected chi connectivity index (χ4v) is 0.799. The van der Waals surface area contributed by atoms with Crippen LogP contribution in [0.25, 0.3) is 0 Å². The standard InChI is InChI=1S/C9H15NO4/c1-4-5-10(6-8(11)12)9(13)14-7(2)3/h4,7H,1,5-6H2,2-3H3,(H,11,12). The summed E-state index contributed by atoms with van der Waals surface area (Å²) in [5, 5.41) is 8.51. The molecular formula is C9H15NO4. The molecule has 0 saturated carbocycles. The Balaban J connectivity index is 4.24. The van der Waals surface area contributed by atoms with Crippen LogP contribution in [0, 0.1) is 0 Å². The number of nitrogens with zero attached hydrogens (tertiary/aromatic N) is 1. The van der Waals surface area contributed by atoms with Crippen LogP contribution < -0.4 is 0 Å². The van der Waals surface area contributed by atoms with E-state index in [0.29, 0.717) is 0 Å². The van der Waals surface area contributed by atoms with Gasteiger partial charge in [-0.1, -0.05) is 6.08 Å². The zero-order chi connectivity index (χ0) is 11.1. The van der Waals surface area contributed by atoms with Gasteiger partial charge in [0.15, 0.2) is 0 Å². The highest BCUT2D eigenvalue weighted by molar-refractivity contribution is 5.76. The van der Waals surface area contributed by atoms with E-state index < -0.39 is 12.1 Å². The number of rotatable bonds is 5. The third kappa shape index (κ3) is 5.18. The predicted octanol–water partition coefficient (Wildman–Crippen LogP) is 1.10. The van der Waals surface area contributed by atoms with Gasteiger partial charge in [-0.15, -0.1) is 6.58 Å². The zero-order valence-electron chi connectivity index (χ0n) is 8.40. The van der Waals surface area contributed by atoms with Gasteiger partial charge in [-0.05, 0) is 13.8 Å². The van der Waals surface area contributed by atoms with Gasteiger partial charge in [0.2, 0.25) is 0 Å². The number of hydrogen-bond donors (Lipinski definition) is 1. The van der Waals surface area contributed by atoms with Gasteiger partial charge in [0, 0.05) is 6.54 Å². The summed E-state index contributed by atoms with van der Waals surface area (Å²) < 4.78 is 4.84. The zero-order valence-corrected chi connectivity index (χ0v) is 8.40. The van der Waals surface area contributed by atoms with E-state index in [1.807, 2.05) is 0 Å². The first-order valence-corrected chi connectivity index (χ1v) is 4.25. The molecule has 0 aromatic heterocycles. The molecule has 0 atom stereocenters. The van der Waals surface area contributed by atoms with Crippen molar-refractivity contribution in [2.24, 2.45) is 0 Å². The van der Waals surface area contributed by atoms with Gasteiger partial charge in [-0.25, -0.2) is 4.79 Å². The van der Waals surface area contributed by atoms with Crippen molar-refractivity contribution in [3.05, 3.63) is 12.7 Å². The van der Waals surface area contributed by atoms with Crippen LogP contribution in [0.1, 0.15) is 13.8 Å². The predicted molar refractivity (Wildman–Crippen MR) is 51.0 cm³/mol. The molecule has 0 aromatic rings. The molecule has 0 spiro atoms. The molecule has 0 heterocycles. The van der Waals surface area contributed by atoms with Gasteiger partial charge in [-0.2, -0.15) is 0 Å². The van der Waals surface area contributed by atoms with E-state index >= 15 is 0 Å². The lowest BCUT2D eigenvalue weighted by atomic mass is 10.4. The maximum Gasteiger partial charge on any atom is 0.410 e. The van der Waals surface area contributed by atoms with Crippen molar-refractivity contribution in [3.8, 4) is 0 Å². The molecule has 0 rings (SSSR count). The molecule has 0 fully saturated rings. The Bertz CT molecular complexity index is 225. The fraction of sp³-hybridized carbons (Fsp3) is 0.556. The van der Waals surface area contributed by atoms with Gasteiger partial charge in [0.1, 0.15) is 6.54 Å². The van der Waals surface area contributed by atoms with Crippen LogP contribution in [-0.2, 0) is 9.53 Å². The second-order valence-electron chi connectivity index (χ2n) is 3.00. The van der Waals surface area contributed by atoms with Crippen LogP contribution >= 0.6 is 0 Å². The summed E-state index contributed by atoms with van der Waals surface area (Å²) in [5.74, 6) is -1.08. The topological polar surface area (TPSA) is 66.8 Å². The molecule has 0 aliphatic carbocycles. The van der Waals surface area contributed by atoms with Crippen molar-refractivity contribution in [2.45, 2.75) is 20.0 Å². The summed E-state index contributed by atoms with van der Waals surface area (Å²) >= 11 is 0. The van der Waals surface area contributed by atoms with Crippen molar-refractivity contribution in [2.75, 3.05) is 13.1 Å². The Labute approximate surface area is 83.0 Å². The highest BCUT2D eigenvalue weighted by Crippen LogP contribution is 1.98. The third-order valence-electron chi connectivity index (χ3n) is 1.27. The molecule has 0 radical (unpaired) electrons.